The van der Waals surface area contributed by atoms with Crippen molar-refractivity contribution in [3.05, 3.63) is 35.8 Å². The van der Waals surface area contributed by atoms with Gasteiger partial charge in [-0.25, -0.2) is 4.98 Å². The number of aromatic amines is 1. The third-order valence-electron chi connectivity index (χ3n) is 3.05. The standard InChI is InChI=1S/C13H10N6S/c14-13-17-11(9-3-4-20-12(9)18-13)16-8-1-2-10-7(5-8)6-15-19-10/h1-6H,(H,15,19)(H3,14,16,17,18). The molecule has 0 saturated carbocycles. The van der Waals surface area contributed by atoms with Crippen molar-refractivity contribution in [1.82, 2.24) is 20.2 Å². The summed E-state index contributed by atoms with van der Waals surface area (Å²) in [6.07, 6.45) is 1.79. The molecular formula is C13H10N6S. The van der Waals surface area contributed by atoms with Gasteiger partial charge in [0.2, 0.25) is 5.95 Å². The van der Waals surface area contributed by atoms with Crippen molar-refractivity contribution >= 4 is 49.9 Å². The Balaban J connectivity index is 1.81. The van der Waals surface area contributed by atoms with E-state index in [1.165, 1.54) is 0 Å². The molecule has 3 aromatic heterocycles. The highest BCUT2D eigenvalue weighted by Crippen LogP contribution is 2.28. The lowest BCUT2D eigenvalue weighted by Crippen LogP contribution is -2.00. The Bertz CT molecular complexity index is 909. The van der Waals surface area contributed by atoms with Gasteiger partial charge in [-0.1, -0.05) is 0 Å². The SMILES string of the molecule is Nc1nc(Nc2ccc3[nH]ncc3c2)c2ccsc2n1. The molecule has 0 aliphatic rings. The number of hydrogen-bond acceptors (Lipinski definition) is 6. The summed E-state index contributed by atoms with van der Waals surface area (Å²) in [7, 11) is 0. The van der Waals surface area contributed by atoms with Crippen LogP contribution in [-0.4, -0.2) is 20.2 Å². The first kappa shape index (κ1) is 11.2. The molecule has 4 aromatic rings. The molecule has 98 valence electrons. The average molecular weight is 282 g/mol. The monoisotopic (exact) mass is 282 g/mol. The van der Waals surface area contributed by atoms with Crippen LogP contribution in [0.1, 0.15) is 0 Å². The number of nitrogens with one attached hydrogen (secondary N) is 2. The topological polar surface area (TPSA) is 92.5 Å². The molecule has 4 rings (SSSR count). The molecule has 0 bridgehead atoms. The van der Waals surface area contributed by atoms with Gasteiger partial charge in [-0.05, 0) is 29.6 Å². The Morgan fingerprint density at radius 2 is 2.15 bits per heavy atom. The summed E-state index contributed by atoms with van der Waals surface area (Å²) in [5, 5.41) is 14.2. The Morgan fingerprint density at radius 1 is 1.20 bits per heavy atom. The van der Waals surface area contributed by atoms with Crippen LogP contribution < -0.4 is 11.1 Å². The van der Waals surface area contributed by atoms with Gasteiger partial charge in [-0.2, -0.15) is 10.1 Å². The number of rotatable bonds is 2. The van der Waals surface area contributed by atoms with E-state index in [0.717, 1.165) is 32.6 Å². The number of thiophene rings is 1. The van der Waals surface area contributed by atoms with E-state index >= 15 is 0 Å². The van der Waals surface area contributed by atoms with E-state index in [1.807, 2.05) is 29.6 Å². The minimum atomic E-state index is 0.270. The number of H-pyrrole nitrogens is 1. The molecule has 0 aliphatic carbocycles. The molecule has 1 aromatic carbocycles. The first-order valence-corrected chi connectivity index (χ1v) is 6.88. The molecule has 4 N–H and O–H groups in total. The second-order valence-corrected chi connectivity index (χ2v) is 5.26. The highest BCUT2D eigenvalue weighted by atomic mass is 32.1. The minimum Gasteiger partial charge on any atom is -0.368 e. The van der Waals surface area contributed by atoms with Crippen LogP contribution in [0.4, 0.5) is 17.5 Å². The van der Waals surface area contributed by atoms with Crippen molar-refractivity contribution in [2.24, 2.45) is 0 Å². The number of nitrogens with two attached hydrogens (primary N) is 1. The van der Waals surface area contributed by atoms with Crippen LogP contribution in [0.15, 0.2) is 35.8 Å². The second-order valence-electron chi connectivity index (χ2n) is 4.37. The van der Waals surface area contributed by atoms with E-state index in [4.69, 9.17) is 5.73 Å². The predicted octanol–water partition coefficient (Wildman–Crippen LogP) is 2.89. The summed E-state index contributed by atoms with van der Waals surface area (Å²) in [6, 6.07) is 7.94. The summed E-state index contributed by atoms with van der Waals surface area (Å²) < 4.78 is 0. The zero-order chi connectivity index (χ0) is 13.5. The van der Waals surface area contributed by atoms with Gasteiger partial charge in [0.05, 0.1) is 17.1 Å². The van der Waals surface area contributed by atoms with Crippen molar-refractivity contribution < 1.29 is 0 Å². The number of benzene rings is 1. The van der Waals surface area contributed by atoms with Crippen LogP contribution in [0.2, 0.25) is 0 Å². The lowest BCUT2D eigenvalue weighted by atomic mass is 10.2. The molecule has 0 unspecified atom stereocenters. The lowest BCUT2D eigenvalue weighted by Gasteiger charge is -2.07. The van der Waals surface area contributed by atoms with Crippen molar-refractivity contribution in [1.29, 1.82) is 0 Å². The van der Waals surface area contributed by atoms with Crippen LogP contribution in [0, 0.1) is 0 Å². The molecule has 7 heteroatoms. The summed E-state index contributed by atoms with van der Waals surface area (Å²) >= 11 is 1.54. The maximum atomic E-state index is 5.74. The van der Waals surface area contributed by atoms with Crippen LogP contribution in [0.25, 0.3) is 21.1 Å². The third kappa shape index (κ3) is 1.76. The zero-order valence-corrected chi connectivity index (χ0v) is 11.1. The van der Waals surface area contributed by atoms with Gasteiger partial charge >= 0.3 is 0 Å². The van der Waals surface area contributed by atoms with Crippen molar-refractivity contribution in [3.63, 3.8) is 0 Å². The Labute approximate surface area is 117 Å². The average Bonchev–Trinajstić information content (AvgIpc) is 3.05. The van der Waals surface area contributed by atoms with Gasteiger partial charge < -0.3 is 11.1 Å². The van der Waals surface area contributed by atoms with Gasteiger partial charge in [0.1, 0.15) is 10.6 Å². The molecule has 0 saturated heterocycles. The number of nitrogens with zero attached hydrogens (tertiary/aromatic N) is 3. The van der Waals surface area contributed by atoms with E-state index < -0.39 is 0 Å². The van der Waals surface area contributed by atoms with E-state index in [2.05, 4.69) is 25.5 Å². The number of aromatic nitrogens is 4. The molecule has 0 spiro atoms. The number of nitrogen functional groups attached to an aromatic ring is 1. The summed E-state index contributed by atoms with van der Waals surface area (Å²) in [5.41, 5.74) is 7.67. The van der Waals surface area contributed by atoms with Gasteiger partial charge in [-0.15, -0.1) is 11.3 Å². The molecule has 0 amide bonds. The minimum absolute atomic E-state index is 0.270. The summed E-state index contributed by atoms with van der Waals surface area (Å²) in [5.74, 6) is 0.989. The zero-order valence-electron chi connectivity index (χ0n) is 10.3. The molecule has 0 aliphatic heterocycles. The predicted molar refractivity (Wildman–Crippen MR) is 81.2 cm³/mol. The van der Waals surface area contributed by atoms with Gasteiger partial charge in [0.15, 0.2) is 0 Å². The first-order valence-electron chi connectivity index (χ1n) is 6.00. The third-order valence-corrected chi connectivity index (χ3v) is 3.85. The van der Waals surface area contributed by atoms with Crippen molar-refractivity contribution in [2.45, 2.75) is 0 Å². The number of hydrogen-bond donors (Lipinski definition) is 3. The molecule has 20 heavy (non-hydrogen) atoms. The molecular weight excluding hydrogens is 272 g/mol. The summed E-state index contributed by atoms with van der Waals surface area (Å²) in [6.45, 7) is 0. The number of fused-ring (bicyclic) bond motifs is 2. The molecule has 0 fully saturated rings. The van der Waals surface area contributed by atoms with Crippen LogP contribution in [-0.2, 0) is 0 Å². The van der Waals surface area contributed by atoms with E-state index in [9.17, 15) is 0 Å². The maximum Gasteiger partial charge on any atom is 0.223 e. The fourth-order valence-corrected chi connectivity index (χ4v) is 2.90. The first-order chi connectivity index (χ1) is 9.79. The highest BCUT2D eigenvalue weighted by molar-refractivity contribution is 7.16. The second kappa shape index (κ2) is 4.17. The Kier molecular flexibility index (Phi) is 2.33. The van der Waals surface area contributed by atoms with Crippen molar-refractivity contribution in [2.75, 3.05) is 11.1 Å². The molecule has 6 nitrogen and oxygen atoms in total. The normalized spacial score (nSPS) is 11.2. The molecule has 3 heterocycles. The van der Waals surface area contributed by atoms with Crippen LogP contribution in [0.3, 0.4) is 0 Å². The lowest BCUT2D eigenvalue weighted by molar-refractivity contribution is 1.12. The summed E-state index contributed by atoms with van der Waals surface area (Å²) in [4.78, 5) is 9.36. The fourth-order valence-electron chi connectivity index (χ4n) is 2.12. The van der Waals surface area contributed by atoms with E-state index in [1.54, 1.807) is 17.5 Å². The maximum absolute atomic E-state index is 5.74. The van der Waals surface area contributed by atoms with E-state index in [-0.39, 0.29) is 5.95 Å². The van der Waals surface area contributed by atoms with Gasteiger partial charge in [0.25, 0.3) is 0 Å². The van der Waals surface area contributed by atoms with E-state index in [0.29, 0.717) is 0 Å². The smallest absolute Gasteiger partial charge is 0.223 e. The van der Waals surface area contributed by atoms with Gasteiger partial charge in [-0.3, -0.25) is 5.10 Å². The highest BCUT2D eigenvalue weighted by Gasteiger charge is 2.08. The van der Waals surface area contributed by atoms with Gasteiger partial charge in [0, 0.05) is 11.1 Å². The Hall–Kier alpha value is -2.67. The molecule has 0 atom stereocenters. The fraction of sp³-hybridized carbons (Fsp3) is 0. The molecule has 0 radical (unpaired) electrons. The Morgan fingerprint density at radius 3 is 3.10 bits per heavy atom. The van der Waals surface area contributed by atoms with Crippen LogP contribution >= 0.6 is 11.3 Å². The largest absolute Gasteiger partial charge is 0.368 e. The quantitative estimate of drug-likeness (QED) is 0.525. The number of anilines is 3. The van der Waals surface area contributed by atoms with Crippen LogP contribution in [0.5, 0.6) is 0 Å². The van der Waals surface area contributed by atoms with Crippen molar-refractivity contribution in [3.8, 4) is 0 Å².